The highest BCUT2D eigenvalue weighted by atomic mass is 14.3. The van der Waals surface area contributed by atoms with Gasteiger partial charge in [0.25, 0.3) is 0 Å². The van der Waals surface area contributed by atoms with Gasteiger partial charge in [-0.2, -0.15) is 0 Å². The molecule has 2 aliphatic carbocycles. The van der Waals surface area contributed by atoms with E-state index in [0.29, 0.717) is 5.92 Å². The molecule has 0 heterocycles. The van der Waals surface area contributed by atoms with Crippen molar-refractivity contribution in [1.82, 2.24) is 0 Å². The molecule has 1 atom stereocenters. The molecule has 100 valence electrons. The zero-order valence-electron chi connectivity index (χ0n) is 12.2. The summed E-state index contributed by atoms with van der Waals surface area (Å²) in [6.07, 6.45) is 6.23. The smallest absolute Gasteiger partial charge is 0.00266 e. The van der Waals surface area contributed by atoms with Crippen molar-refractivity contribution in [3.05, 3.63) is 64.2 Å². The fourth-order valence-electron chi connectivity index (χ4n) is 3.83. The summed E-state index contributed by atoms with van der Waals surface area (Å²) in [5, 5.41) is 0. The topological polar surface area (TPSA) is 0 Å². The Labute approximate surface area is 121 Å². The molecule has 0 bridgehead atoms. The number of aryl methyl sites for hydroxylation is 1. The molecule has 0 spiro atoms. The van der Waals surface area contributed by atoms with Gasteiger partial charge in [-0.15, -0.1) is 0 Å². The minimum Gasteiger partial charge on any atom is -0.0655 e. The predicted molar refractivity (Wildman–Crippen MR) is 86.0 cm³/mol. The molecule has 0 nitrogen and oxygen atoms in total. The van der Waals surface area contributed by atoms with E-state index in [1.807, 2.05) is 0 Å². The number of benzene rings is 2. The summed E-state index contributed by atoms with van der Waals surface area (Å²) in [4.78, 5) is 0. The van der Waals surface area contributed by atoms with Crippen molar-refractivity contribution < 1.29 is 0 Å². The largest absolute Gasteiger partial charge is 0.0655 e. The van der Waals surface area contributed by atoms with Gasteiger partial charge in [0.05, 0.1) is 0 Å². The van der Waals surface area contributed by atoms with E-state index in [4.69, 9.17) is 0 Å². The van der Waals surface area contributed by atoms with Crippen LogP contribution in [0, 0.1) is 0 Å². The van der Waals surface area contributed by atoms with Crippen LogP contribution in [0.2, 0.25) is 0 Å². The van der Waals surface area contributed by atoms with Crippen molar-refractivity contribution in [3.8, 4) is 11.1 Å². The van der Waals surface area contributed by atoms with Crippen LogP contribution in [0.3, 0.4) is 0 Å². The molecule has 0 radical (unpaired) electrons. The van der Waals surface area contributed by atoms with E-state index < -0.39 is 0 Å². The van der Waals surface area contributed by atoms with E-state index in [1.165, 1.54) is 41.5 Å². The maximum Gasteiger partial charge on any atom is 0.00266 e. The molecule has 0 saturated carbocycles. The van der Waals surface area contributed by atoms with Crippen molar-refractivity contribution in [2.75, 3.05) is 0 Å². The van der Waals surface area contributed by atoms with Crippen LogP contribution in [0.4, 0.5) is 0 Å². The Morgan fingerprint density at radius 1 is 1.05 bits per heavy atom. The van der Waals surface area contributed by atoms with Crippen LogP contribution in [0.5, 0.6) is 0 Å². The molecule has 0 aromatic heterocycles. The molecule has 0 saturated heterocycles. The highest BCUT2D eigenvalue weighted by Crippen LogP contribution is 2.45. The quantitative estimate of drug-likeness (QED) is 0.647. The number of hydrogen-bond acceptors (Lipinski definition) is 0. The Bertz CT molecular complexity index is 705. The van der Waals surface area contributed by atoms with Gasteiger partial charge in [0.1, 0.15) is 0 Å². The maximum absolute atomic E-state index is 2.49. The number of allylic oxidation sites excluding steroid dienone is 1. The van der Waals surface area contributed by atoms with Crippen LogP contribution < -0.4 is 0 Å². The van der Waals surface area contributed by atoms with Gasteiger partial charge >= 0.3 is 0 Å². The molecule has 0 fully saturated rings. The highest BCUT2D eigenvalue weighted by molar-refractivity contribution is 5.85. The number of hydrogen-bond donors (Lipinski definition) is 0. The Hall–Kier alpha value is -1.82. The molecule has 2 aromatic carbocycles. The van der Waals surface area contributed by atoms with Gasteiger partial charge in [-0.05, 0) is 59.6 Å². The molecule has 4 rings (SSSR count). The lowest BCUT2D eigenvalue weighted by molar-refractivity contribution is 0.904. The Kier molecular flexibility index (Phi) is 2.60. The summed E-state index contributed by atoms with van der Waals surface area (Å²) < 4.78 is 0. The third-order valence-corrected chi connectivity index (χ3v) is 5.06. The highest BCUT2D eigenvalue weighted by Gasteiger charge is 2.27. The van der Waals surface area contributed by atoms with Crippen LogP contribution in [-0.4, -0.2) is 0 Å². The molecule has 20 heavy (non-hydrogen) atoms. The zero-order valence-corrected chi connectivity index (χ0v) is 12.2. The van der Waals surface area contributed by atoms with Gasteiger partial charge in [-0.1, -0.05) is 55.0 Å². The van der Waals surface area contributed by atoms with E-state index in [2.05, 4.69) is 56.3 Å². The molecular weight excluding hydrogens is 240 g/mol. The summed E-state index contributed by atoms with van der Waals surface area (Å²) in [6.45, 7) is 4.61. The lowest BCUT2D eigenvalue weighted by Gasteiger charge is -2.16. The second kappa shape index (κ2) is 4.34. The first-order valence-electron chi connectivity index (χ1n) is 7.68. The summed E-state index contributed by atoms with van der Waals surface area (Å²) in [6, 6.07) is 13.4. The average molecular weight is 260 g/mol. The SMILES string of the molecule is CC1=Cc2c(cc3c(c2-c2ccccc2)CCC3)C1C. The van der Waals surface area contributed by atoms with Gasteiger partial charge in [0.2, 0.25) is 0 Å². The van der Waals surface area contributed by atoms with Crippen LogP contribution in [0.25, 0.3) is 17.2 Å². The molecule has 2 aliphatic rings. The Morgan fingerprint density at radius 2 is 1.85 bits per heavy atom. The van der Waals surface area contributed by atoms with Crippen LogP contribution in [-0.2, 0) is 12.8 Å². The monoisotopic (exact) mass is 260 g/mol. The molecule has 0 N–H and O–H groups in total. The first kappa shape index (κ1) is 12.0. The molecule has 0 aliphatic heterocycles. The minimum atomic E-state index is 0.582. The van der Waals surface area contributed by atoms with Gasteiger partial charge in [0, 0.05) is 5.92 Å². The summed E-state index contributed by atoms with van der Waals surface area (Å²) in [7, 11) is 0. The molecule has 2 aromatic rings. The Balaban J connectivity index is 2.05. The normalized spacial score (nSPS) is 19.7. The van der Waals surface area contributed by atoms with Crippen LogP contribution in [0.1, 0.15) is 48.4 Å². The van der Waals surface area contributed by atoms with Crippen molar-refractivity contribution in [2.24, 2.45) is 0 Å². The molecule has 1 unspecified atom stereocenters. The minimum absolute atomic E-state index is 0.582. The van der Waals surface area contributed by atoms with E-state index in [1.54, 1.807) is 16.7 Å². The summed E-state index contributed by atoms with van der Waals surface area (Å²) in [5.74, 6) is 0.582. The van der Waals surface area contributed by atoms with E-state index >= 15 is 0 Å². The summed E-state index contributed by atoms with van der Waals surface area (Å²) >= 11 is 0. The first-order chi connectivity index (χ1) is 9.75. The standard InChI is InChI=1S/C20H20/c1-13-11-19-18(14(13)2)12-16-9-6-10-17(16)20(19)15-7-4-3-5-8-15/h3-5,7-8,11-12,14H,6,9-10H2,1-2H3. The lowest BCUT2D eigenvalue weighted by Crippen LogP contribution is -1.98. The van der Waals surface area contributed by atoms with E-state index in [0.717, 1.165) is 0 Å². The fourth-order valence-corrected chi connectivity index (χ4v) is 3.83. The van der Waals surface area contributed by atoms with Crippen LogP contribution in [0.15, 0.2) is 42.0 Å². The number of fused-ring (bicyclic) bond motifs is 2. The van der Waals surface area contributed by atoms with Crippen molar-refractivity contribution >= 4 is 6.08 Å². The maximum atomic E-state index is 2.49. The van der Waals surface area contributed by atoms with Gasteiger partial charge in [0.15, 0.2) is 0 Å². The fraction of sp³-hybridized carbons (Fsp3) is 0.300. The lowest BCUT2D eigenvalue weighted by atomic mass is 9.87. The third-order valence-electron chi connectivity index (χ3n) is 5.06. The molecular formula is C20H20. The molecule has 0 heteroatoms. The Morgan fingerprint density at radius 3 is 2.65 bits per heavy atom. The van der Waals surface area contributed by atoms with Crippen LogP contribution >= 0.6 is 0 Å². The average Bonchev–Trinajstić information content (AvgIpc) is 3.04. The van der Waals surface area contributed by atoms with Gasteiger partial charge in [-0.3, -0.25) is 0 Å². The van der Waals surface area contributed by atoms with Crippen molar-refractivity contribution in [3.63, 3.8) is 0 Å². The predicted octanol–water partition coefficient (Wildman–Crippen LogP) is 5.36. The van der Waals surface area contributed by atoms with Gasteiger partial charge in [-0.25, -0.2) is 0 Å². The summed E-state index contributed by atoms with van der Waals surface area (Å²) in [5.41, 5.74) is 10.6. The first-order valence-corrected chi connectivity index (χ1v) is 7.68. The number of rotatable bonds is 1. The van der Waals surface area contributed by atoms with E-state index in [9.17, 15) is 0 Å². The van der Waals surface area contributed by atoms with Gasteiger partial charge < -0.3 is 0 Å². The van der Waals surface area contributed by atoms with Crippen molar-refractivity contribution in [1.29, 1.82) is 0 Å². The molecule has 0 amide bonds. The van der Waals surface area contributed by atoms with Crippen molar-refractivity contribution in [2.45, 2.75) is 39.0 Å². The third kappa shape index (κ3) is 1.61. The zero-order chi connectivity index (χ0) is 13.7. The second-order valence-corrected chi connectivity index (χ2v) is 6.22. The van der Waals surface area contributed by atoms with E-state index in [-0.39, 0.29) is 0 Å². The second-order valence-electron chi connectivity index (χ2n) is 6.22.